The summed E-state index contributed by atoms with van der Waals surface area (Å²) in [5.41, 5.74) is 1.83. The molecule has 0 atom stereocenters. The lowest BCUT2D eigenvalue weighted by molar-refractivity contribution is 0.400. The molecule has 0 saturated heterocycles. The van der Waals surface area contributed by atoms with Gasteiger partial charge >= 0.3 is 0 Å². The molecule has 3 aromatic rings. The largest absolute Gasteiger partial charge is 0.360 e. The third-order valence-electron chi connectivity index (χ3n) is 3.19. The number of anilines is 1. The predicted molar refractivity (Wildman–Crippen MR) is 80.7 cm³/mol. The Kier molecular flexibility index (Phi) is 3.60. The zero-order valence-corrected chi connectivity index (χ0v) is 13.5. The van der Waals surface area contributed by atoms with Crippen molar-refractivity contribution in [3.05, 3.63) is 41.4 Å². The summed E-state index contributed by atoms with van der Waals surface area (Å²) in [6, 6.07) is 4.91. The number of aryl methyl sites for hydroxylation is 3. The van der Waals surface area contributed by atoms with Crippen molar-refractivity contribution < 1.29 is 12.9 Å². The molecule has 0 radical (unpaired) electrons. The molecule has 23 heavy (non-hydrogen) atoms. The van der Waals surface area contributed by atoms with Crippen LogP contribution in [0.1, 0.15) is 16.9 Å². The molecular weight excluding hydrogens is 320 g/mol. The first-order valence-corrected chi connectivity index (χ1v) is 8.16. The van der Waals surface area contributed by atoms with Gasteiger partial charge in [0, 0.05) is 6.07 Å². The standard InChI is InChI=1S/C13H14N6O3S/c1-8-4-11(19-7-14-17-18-19)5-9(2)13(8)23(20,21)16-12-6-10(3)22-15-12/h4-7H,1-3H3,(H,15,16). The molecule has 9 nitrogen and oxygen atoms in total. The monoisotopic (exact) mass is 334 g/mol. The van der Waals surface area contributed by atoms with Crippen LogP contribution < -0.4 is 4.72 Å². The Morgan fingerprint density at radius 2 is 1.83 bits per heavy atom. The number of benzene rings is 1. The Balaban J connectivity index is 2.02. The first-order valence-electron chi connectivity index (χ1n) is 6.67. The molecule has 120 valence electrons. The molecule has 1 N–H and O–H groups in total. The molecule has 0 amide bonds. The van der Waals surface area contributed by atoms with E-state index in [0.29, 0.717) is 22.6 Å². The fourth-order valence-corrected chi connectivity index (χ4v) is 3.81. The molecule has 0 aliphatic heterocycles. The van der Waals surface area contributed by atoms with Crippen LogP contribution in [-0.4, -0.2) is 33.8 Å². The third-order valence-corrected chi connectivity index (χ3v) is 4.85. The van der Waals surface area contributed by atoms with E-state index >= 15 is 0 Å². The highest BCUT2D eigenvalue weighted by Gasteiger charge is 2.22. The molecule has 1 aromatic carbocycles. The molecule has 0 bridgehead atoms. The molecule has 0 aliphatic carbocycles. The molecule has 10 heteroatoms. The molecule has 2 heterocycles. The quantitative estimate of drug-likeness (QED) is 0.766. The van der Waals surface area contributed by atoms with Gasteiger partial charge in [-0.1, -0.05) is 5.16 Å². The first kappa shape index (κ1) is 15.2. The first-order chi connectivity index (χ1) is 10.9. The SMILES string of the molecule is Cc1cc(NS(=O)(=O)c2c(C)cc(-n3cnnn3)cc2C)no1. The van der Waals surface area contributed by atoms with Crippen LogP contribution >= 0.6 is 0 Å². The normalized spacial score (nSPS) is 11.6. The van der Waals surface area contributed by atoms with Crippen molar-refractivity contribution in [1.29, 1.82) is 0 Å². The average molecular weight is 334 g/mol. The van der Waals surface area contributed by atoms with Gasteiger partial charge in [0.2, 0.25) is 0 Å². The number of tetrazole rings is 1. The third kappa shape index (κ3) is 2.93. The van der Waals surface area contributed by atoms with Gasteiger partial charge in [-0.2, -0.15) is 0 Å². The fraction of sp³-hybridized carbons (Fsp3) is 0.231. The maximum absolute atomic E-state index is 12.6. The maximum atomic E-state index is 12.6. The smallest absolute Gasteiger partial charge is 0.263 e. The lowest BCUT2D eigenvalue weighted by Crippen LogP contribution is -2.16. The Hall–Kier alpha value is -2.75. The van der Waals surface area contributed by atoms with Crippen molar-refractivity contribution in [2.45, 2.75) is 25.7 Å². The van der Waals surface area contributed by atoms with Crippen LogP contribution in [0.15, 0.2) is 33.9 Å². The number of sulfonamides is 1. The van der Waals surface area contributed by atoms with E-state index in [-0.39, 0.29) is 10.7 Å². The lowest BCUT2D eigenvalue weighted by atomic mass is 10.1. The van der Waals surface area contributed by atoms with E-state index < -0.39 is 10.0 Å². The highest BCUT2D eigenvalue weighted by atomic mass is 32.2. The molecule has 3 rings (SSSR count). The Morgan fingerprint density at radius 3 is 2.35 bits per heavy atom. The summed E-state index contributed by atoms with van der Waals surface area (Å²) in [4.78, 5) is 0.190. The van der Waals surface area contributed by atoms with E-state index in [4.69, 9.17) is 4.52 Å². The average Bonchev–Trinajstić information content (AvgIpc) is 3.08. The number of nitrogens with one attached hydrogen (secondary N) is 1. The summed E-state index contributed by atoms with van der Waals surface area (Å²) in [6.07, 6.45) is 1.44. The minimum absolute atomic E-state index is 0.144. The van der Waals surface area contributed by atoms with Gasteiger partial charge in [0.1, 0.15) is 12.1 Å². The van der Waals surface area contributed by atoms with Crippen LogP contribution in [0, 0.1) is 20.8 Å². The number of hydrogen-bond acceptors (Lipinski definition) is 7. The molecule has 0 saturated carbocycles. The molecule has 0 aliphatic rings. The second-order valence-electron chi connectivity index (χ2n) is 5.09. The van der Waals surface area contributed by atoms with Crippen LogP contribution in [0.4, 0.5) is 5.82 Å². The minimum atomic E-state index is -3.78. The van der Waals surface area contributed by atoms with E-state index in [1.54, 1.807) is 32.9 Å². The fourth-order valence-electron chi connectivity index (χ4n) is 2.37. The van der Waals surface area contributed by atoms with Gasteiger partial charge in [-0.15, -0.1) is 5.10 Å². The van der Waals surface area contributed by atoms with Crippen LogP contribution in [0.2, 0.25) is 0 Å². The summed E-state index contributed by atoms with van der Waals surface area (Å²) in [5, 5.41) is 14.6. The molecule has 0 unspecified atom stereocenters. The minimum Gasteiger partial charge on any atom is -0.360 e. The predicted octanol–water partition coefficient (Wildman–Crippen LogP) is 1.38. The van der Waals surface area contributed by atoms with Crippen LogP contribution in [0.3, 0.4) is 0 Å². The van der Waals surface area contributed by atoms with E-state index in [0.717, 1.165) is 0 Å². The Bertz CT molecular complexity index is 923. The van der Waals surface area contributed by atoms with Crippen molar-refractivity contribution in [2.75, 3.05) is 4.72 Å². The lowest BCUT2D eigenvalue weighted by Gasteiger charge is -2.13. The number of rotatable bonds is 4. The van der Waals surface area contributed by atoms with E-state index in [1.807, 2.05) is 0 Å². The van der Waals surface area contributed by atoms with Crippen LogP contribution in [0.5, 0.6) is 0 Å². The Morgan fingerprint density at radius 1 is 1.13 bits per heavy atom. The second kappa shape index (κ2) is 5.47. The van der Waals surface area contributed by atoms with Crippen molar-refractivity contribution in [3.63, 3.8) is 0 Å². The van der Waals surface area contributed by atoms with Crippen LogP contribution in [-0.2, 0) is 10.0 Å². The van der Waals surface area contributed by atoms with Gasteiger partial charge in [-0.05, 0) is 54.5 Å². The van der Waals surface area contributed by atoms with Crippen molar-refractivity contribution in [2.24, 2.45) is 0 Å². The van der Waals surface area contributed by atoms with E-state index in [2.05, 4.69) is 25.4 Å². The van der Waals surface area contributed by atoms with Gasteiger partial charge in [-0.25, -0.2) is 13.1 Å². The maximum Gasteiger partial charge on any atom is 0.263 e. The zero-order valence-electron chi connectivity index (χ0n) is 12.7. The topological polar surface area (TPSA) is 116 Å². The summed E-state index contributed by atoms with van der Waals surface area (Å²) >= 11 is 0. The summed E-state index contributed by atoms with van der Waals surface area (Å²) < 4.78 is 34.0. The number of aromatic nitrogens is 5. The van der Waals surface area contributed by atoms with Crippen LogP contribution in [0.25, 0.3) is 5.69 Å². The van der Waals surface area contributed by atoms with Crippen molar-refractivity contribution in [3.8, 4) is 5.69 Å². The van der Waals surface area contributed by atoms with Crippen molar-refractivity contribution >= 4 is 15.8 Å². The van der Waals surface area contributed by atoms with E-state index in [1.165, 1.54) is 17.1 Å². The molecular formula is C13H14N6O3S. The van der Waals surface area contributed by atoms with Gasteiger partial charge in [0.15, 0.2) is 5.82 Å². The highest BCUT2D eigenvalue weighted by Crippen LogP contribution is 2.25. The van der Waals surface area contributed by atoms with E-state index in [9.17, 15) is 8.42 Å². The Labute approximate surface area is 132 Å². The highest BCUT2D eigenvalue weighted by molar-refractivity contribution is 7.92. The van der Waals surface area contributed by atoms with Crippen molar-refractivity contribution in [1.82, 2.24) is 25.4 Å². The number of nitrogens with zero attached hydrogens (tertiary/aromatic N) is 5. The molecule has 0 fully saturated rings. The van der Waals surface area contributed by atoms with Gasteiger partial charge < -0.3 is 4.52 Å². The number of hydrogen-bond donors (Lipinski definition) is 1. The zero-order chi connectivity index (χ0) is 16.6. The summed E-state index contributed by atoms with van der Waals surface area (Å²) in [5.74, 6) is 0.663. The second-order valence-corrected chi connectivity index (χ2v) is 6.71. The summed E-state index contributed by atoms with van der Waals surface area (Å²) in [6.45, 7) is 5.11. The molecule has 0 spiro atoms. The summed E-state index contributed by atoms with van der Waals surface area (Å²) in [7, 11) is -3.78. The van der Waals surface area contributed by atoms with Gasteiger partial charge in [0.05, 0.1) is 10.6 Å². The molecule has 2 aromatic heterocycles. The van der Waals surface area contributed by atoms with Gasteiger partial charge in [-0.3, -0.25) is 4.72 Å². The van der Waals surface area contributed by atoms with Gasteiger partial charge in [0.25, 0.3) is 10.0 Å².